The summed E-state index contributed by atoms with van der Waals surface area (Å²) >= 11 is 0. The number of benzene rings is 9. The molecule has 1 heterocycles. The Bertz CT molecular complexity index is 2840. The maximum Gasteiger partial charge on any atom is 0.179 e. The first-order valence-electron chi connectivity index (χ1n) is 19.8. The zero-order valence-electron chi connectivity index (χ0n) is 31.3. The number of hydrogen-bond acceptors (Lipinski definition) is 1. The van der Waals surface area contributed by atoms with E-state index in [0.29, 0.717) is 0 Å². The van der Waals surface area contributed by atoms with Crippen LogP contribution in [0, 0.1) is 0 Å². The largest absolute Gasteiger partial charge is 0.457 e. The molecule has 11 rings (SSSR count). The molecule has 9 aromatic carbocycles. The van der Waals surface area contributed by atoms with E-state index in [1.807, 2.05) is 0 Å². The molecule has 2 aliphatic rings. The monoisotopic (exact) mass is 742 g/mol. The molecular formula is C55H38OSi. The number of rotatable bonds is 5. The molecule has 9 aromatic rings. The van der Waals surface area contributed by atoms with Gasteiger partial charge in [0.15, 0.2) is 8.07 Å². The quantitative estimate of drug-likeness (QED) is 0.126. The van der Waals surface area contributed by atoms with Crippen molar-refractivity contribution in [2.24, 2.45) is 0 Å². The summed E-state index contributed by atoms with van der Waals surface area (Å²) in [7, 11) is -2.78. The van der Waals surface area contributed by atoms with Gasteiger partial charge in [0.2, 0.25) is 0 Å². The summed E-state index contributed by atoms with van der Waals surface area (Å²) in [6.45, 7) is 0. The third-order valence-electron chi connectivity index (χ3n) is 12.2. The zero-order valence-corrected chi connectivity index (χ0v) is 32.3. The maximum atomic E-state index is 6.83. The highest BCUT2D eigenvalue weighted by Gasteiger charge is 2.42. The number of hydrogen-bond donors (Lipinski definition) is 0. The molecule has 0 spiro atoms. The van der Waals surface area contributed by atoms with Gasteiger partial charge in [-0.2, -0.15) is 0 Å². The van der Waals surface area contributed by atoms with Gasteiger partial charge >= 0.3 is 0 Å². The van der Waals surface area contributed by atoms with Gasteiger partial charge in [-0.15, -0.1) is 0 Å². The first-order chi connectivity index (χ1) is 28.3. The summed E-state index contributed by atoms with van der Waals surface area (Å²) < 4.78 is 6.83. The average Bonchev–Trinajstić information content (AvgIpc) is 3.33. The van der Waals surface area contributed by atoms with E-state index < -0.39 is 8.07 Å². The predicted octanol–water partition coefficient (Wildman–Crippen LogP) is 11.3. The van der Waals surface area contributed by atoms with Crippen LogP contribution >= 0.6 is 0 Å². The lowest BCUT2D eigenvalue weighted by Crippen LogP contribution is -2.74. The van der Waals surface area contributed by atoms with Gasteiger partial charge in [0.25, 0.3) is 0 Å². The van der Waals surface area contributed by atoms with E-state index in [4.69, 9.17) is 4.74 Å². The van der Waals surface area contributed by atoms with Gasteiger partial charge in [0.05, 0.1) is 0 Å². The summed E-state index contributed by atoms with van der Waals surface area (Å²) in [5, 5.41) is 5.44. The van der Waals surface area contributed by atoms with Crippen LogP contribution in [0.3, 0.4) is 0 Å². The molecule has 1 aliphatic carbocycles. The van der Waals surface area contributed by atoms with Gasteiger partial charge in [0.1, 0.15) is 11.5 Å². The highest BCUT2D eigenvalue weighted by atomic mass is 28.3. The molecule has 1 nitrogen and oxygen atoms in total. The molecule has 0 saturated heterocycles. The van der Waals surface area contributed by atoms with Crippen molar-refractivity contribution in [2.75, 3.05) is 0 Å². The third kappa shape index (κ3) is 5.22. The number of ether oxygens (including phenoxy) is 1. The van der Waals surface area contributed by atoms with E-state index in [1.54, 1.807) is 0 Å². The van der Waals surface area contributed by atoms with Crippen LogP contribution in [0.4, 0.5) is 0 Å². The molecule has 1 unspecified atom stereocenters. The molecule has 0 fully saturated rings. The second-order valence-electron chi connectivity index (χ2n) is 15.1. The van der Waals surface area contributed by atoms with Crippen LogP contribution in [0.2, 0.25) is 0 Å². The standard InChI is InChI=1S/C55H38OSi/c1-4-20-39(21-5-1)57(40-22-6-2-7-23-40,41-24-8-3-9-25-41)42-26-16-19-38(37-42)43-32-17-33-48-46-29-12-10-27-44(46)45-28-11-13-30-47(45)49-34-18-36-52-54(49)55(53(43)48)50-31-14-15-35-51(50)56-52/h1-37,55H. The number of fused-ring (bicyclic) bond motifs is 9. The molecule has 0 radical (unpaired) electrons. The van der Waals surface area contributed by atoms with Crippen LogP contribution < -0.4 is 25.5 Å². The Labute approximate surface area is 335 Å². The summed E-state index contributed by atoms with van der Waals surface area (Å²) in [5.74, 6) is 1.73. The lowest BCUT2D eigenvalue weighted by Gasteiger charge is -2.35. The van der Waals surface area contributed by atoms with E-state index in [0.717, 1.165) is 11.5 Å². The van der Waals surface area contributed by atoms with E-state index in [9.17, 15) is 0 Å². The molecule has 57 heavy (non-hydrogen) atoms. The summed E-state index contributed by atoms with van der Waals surface area (Å²) in [5.41, 5.74) is 13.5. The average molecular weight is 743 g/mol. The second kappa shape index (κ2) is 13.6. The Morgan fingerprint density at radius 2 is 0.702 bits per heavy atom. The Morgan fingerprint density at radius 1 is 0.298 bits per heavy atom. The van der Waals surface area contributed by atoms with Crippen molar-refractivity contribution in [1.82, 2.24) is 0 Å². The molecule has 268 valence electrons. The van der Waals surface area contributed by atoms with Crippen LogP contribution in [0.25, 0.3) is 44.5 Å². The minimum atomic E-state index is -2.78. The first kappa shape index (κ1) is 33.3. The van der Waals surface area contributed by atoms with Crippen molar-refractivity contribution in [3.8, 4) is 56.0 Å². The van der Waals surface area contributed by atoms with Crippen molar-refractivity contribution >= 4 is 28.8 Å². The van der Waals surface area contributed by atoms with Crippen LogP contribution in [0.5, 0.6) is 11.5 Å². The predicted molar refractivity (Wildman–Crippen MR) is 239 cm³/mol. The van der Waals surface area contributed by atoms with Gasteiger partial charge in [-0.1, -0.05) is 212 Å². The molecular weight excluding hydrogens is 705 g/mol. The molecule has 0 bridgehead atoms. The fourth-order valence-corrected chi connectivity index (χ4v) is 14.6. The Morgan fingerprint density at radius 3 is 1.30 bits per heavy atom. The Kier molecular flexibility index (Phi) is 7.97. The van der Waals surface area contributed by atoms with Crippen LogP contribution in [-0.4, -0.2) is 8.07 Å². The smallest absolute Gasteiger partial charge is 0.179 e. The molecule has 0 aromatic heterocycles. The molecule has 0 saturated carbocycles. The minimum absolute atomic E-state index is 0.0883. The third-order valence-corrected chi connectivity index (χ3v) is 16.9. The van der Waals surface area contributed by atoms with Gasteiger partial charge in [-0.25, -0.2) is 0 Å². The summed E-state index contributed by atoms with van der Waals surface area (Å²) in [6, 6.07) is 83.2. The Balaban J connectivity index is 1.25. The lowest BCUT2D eigenvalue weighted by atomic mass is 9.74. The molecule has 2 heteroatoms. The number of para-hydroxylation sites is 1. The summed E-state index contributed by atoms with van der Waals surface area (Å²) in [6.07, 6.45) is 0. The van der Waals surface area contributed by atoms with E-state index in [1.165, 1.54) is 81.9 Å². The van der Waals surface area contributed by atoms with Crippen molar-refractivity contribution in [3.63, 3.8) is 0 Å². The fourth-order valence-electron chi connectivity index (χ4n) is 9.80. The first-order valence-corrected chi connectivity index (χ1v) is 21.8. The van der Waals surface area contributed by atoms with E-state index in [2.05, 4.69) is 224 Å². The normalized spacial score (nSPS) is 13.6. The van der Waals surface area contributed by atoms with Crippen LogP contribution in [-0.2, 0) is 0 Å². The molecule has 1 aliphatic heterocycles. The Hall–Kier alpha value is -7.00. The molecule has 0 amide bonds. The van der Waals surface area contributed by atoms with Gasteiger partial charge < -0.3 is 4.74 Å². The van der Waals surface area contributed by atoms with Crippen LogP contribution in [0.15, 0.2) is 224 Å². The van der Waals surface area contributed by atoms with Crippen molar-refractivity contribution in [3.05, 3.63) is 241 Å². The molecule has 1 atom stereocenters. The molecule has 0 N–H and O–H groups in total. The maximum absolute atomic E-state index is 6.83. The summed E-state index contributed by atoms with van der Waals surface area (Å²) in [4.78, 5) is 0. The van der Waals surface area contributed by atoms with Crippen molar-refractivity contribution in [1.29, 1.82) is 0 Å². The SMILES string of the molecule is c1ccc([Si](c2ccccc2)(c2ccccc2)c2cccc(-c3cccc4c3C3c5ccccc5Oc5cccc(c53)-c3ccccc3-c3ccccc3-4)c2)cc1. The fraction of sp³-hybridized carbons (Fsp3) is 0.0182. The van der Waals surface area contributed by atoms with Crippen molar-refractivity contribution < 1.29 is 4.74 Å². The van der Waals surface area contributed by atoms with Crippen molar-refractivity contribution in [2.45, 2.75) is 5.92 Å². The van der Waals surface area contributed by atoms with E-state index in [-0.39, 0.29) is 5.92 Å². The van der Waals surface area contributed by atoms with Gasteiger partial charge in [-0.05, 0) is 83.0 Å². The van der Waals surface area contributed by atoms with E-state index >= 15 is 0 Å². The topological polar surface area (TPSA) is 9.23 Å². The second-order valence-corrected chi connectivity index (χ2v) is 18.9. The zero-order chi connectivity index (χ0) is 37.8. The highest BCUT2D eigenvalue weighted by molar-refractivity contribution is 7.19. The lowest BCUT2D eigenvalue weighted by molar-refractivity contribution is 0.453. The van der Waals surface area contributed by atoms with Gasteiger partial charge in [-0.3, -0.25) is 0 Å². The van der Waals surface area contributed by atoms with Crippen LogP contribution in [0.1, 0.15) is 22.6 Å². The minimum Gasteiger partial charge on any atom is -0.457 e. The highest BCUT2D eigenvalue weighted by Crippen LogP contribution is 2.56. The van der Waals surface area contributed by atoms with Gasteiger partial charge in [0, 0.05) is 17.0 Å².